The quantitative estimate of drug-likeness (QED) is 0.613. The minimum Gasteiger partial charge on any atom is -0.478 e. The summed E-state index contributed by atoms with van der Waals surface area (Å²) in [5.74, 6) is -1.61. The Morgan fingerprint density at radius 2 is 2.31 bits per heavy atom. The number of rotatable bonds is 4. The summed E-state index contributed by atoms with van der Waals surface area (Å²) < 4.78 is 4.66. The number of ether oxygens (including phenoxy) is 1. The molecule has 0 unspecified atom stereocenters. The molecule has 5 heteroatoms. The molecule has 84 valence electrons. The Morgan fingerprint density at radius 1 is 1.56 bits per heavy atom. The summed E-state index contributed by atoms with van der Waals surface area (Å²) in [5, 5.41) is 8.84. The van der Waals surface area contributed by atoms with E-state index < -0.39 is 11.9 Å². The van der Waals surface area contributed by atoms with Crippen molar-refractivity contribution in [3.8, 4) is 0 Å². The van der Waals surface area contributed by atoms with E-state index in [1.54, 1.807) is 6.92 Å². The number of esters is 1. The van der Waals surface area contributed by atoms with Crippen LogP contribution in [-0.4, -0.2) is 28.6 Å². The van der Waals surface area contributed by atoms with Gasteiger partial charge in [-0.25, -0.2) is 9.59 Å². The van der Waals surface area contributed by atoms with Gasteiger partial charge in [0.05, 0.1) is 17.9 Å². The van der Waals surface area contributed by atoms with Crippen LogP contribution in [0.4, 0.5) is 0 Å². The number of hydrogen-bond donors (Lipinski definition) is 1. The van der Waals surface area contributed by atoms with E-state index in [0.29, 0.717) is 0 Å². The predicted octanol–water partition coefficient (Wildman–Crippen LogP) is 1.36. The van der Waals surface area contributed by atoms with Crippen LogP contribution in [0.2, 0.25) is 0 Å². The molecule has 1 aromatic rings. The third-order valence-corrected chi connectivity index (χ3v) is 1.73. The third-order valence-electron chi connectivity index (χ3n) is 1.73. The Morgan fingerprint density at radius 3 is 2.94 bits per heavy atom. The average Bonchev–Trinajstić information content (AvgIpc) is 2.27. The zero-order chi connectivity index (χ0) is 12.0. The number of hydrogen-bond acceptors (Lipinski definition) is 4. The van der Waals surface area contributed by atoms with E-state index in [9.17, 15) is 9.59 Å². The van der Waals surface area contributed by atoms with Gasteiger partial charge in [-0.3, -0.25) is 4.98 Å². The molecule has 0 aliphatic rings. The van der Waals surface area contributed by atoms with Crippen molar-refractivity contribution in [2.24, 2.45) is 0 Å². The molecule has 0 radical (unpaired) electrons. The van der Waals surface area contributed by atoms with Gasteiger partial charge in [0.25, 0.3) is 0 Å². The van der Waals surface area contributed by atoms with Gasteiger partial charge >= 0.3 is 11.9 Å². The molecule has 0 bridgehead atoms. The normalized spacial score (nSPS) is 10.3. The molecular weight excluding hydrogens is 210 g/mol. The maximum atomic E-state index is 11.0. The number of nitrogens with zero attached hydrogens (tertiary/aromatic N) is 1. The number of pyridine rings is 1. The second kappa shape index (κ2) is 5.65. The Labute approximate surface area is 92.4 Å². The average molecular weight is 221 g/mol. The highest BCUT2D eigenvalue weighted by Crippen LogP contribution is 2.07. The van der Waals surface area contributed by atoms with E-state index in [-0.39, 0.29) is 17.9 Å². The van der Waals surface area contributed by atoms with Crippen LogP contribution in [0.3, 0.4) is 0 Å². The molecule has 1 aromatic heterocycles. The molecule has 0 saturated carbocycles. The van der Waals surface area contributed by atoms with Gasteiger partial charge in [-0.15, -0.1) is 0 Å². The first-order valence-corrected chi connectivity index (χ1v) is 4.68. The first-order valence-electron chi connectivity index (χ1n) is 4.68. The number of carbonyl (C=O) groups is 2. The molecule has 0 saturated heterocycles. The van der Waals surface area contributed by atoms with E-state index in [0.717, 1.165) is 6.08 Å². The first kappa shape index (κ1) is 11.9. The lowest BCUT2D eigenvalue weighted by Crippen LogP contribution is -2.02. The van der Waals surface area contributed by atoms with Crippen molar-refractivity contribution in [1.82, 2.24) is 4.98 Å². The Balaban J connectivity index is 2.88. The maximum absolute atomic E-state index is 11.0. The van der Waals surface area contributed by atoms with E-state index in [1.165, 1.54) is 24.4 Å². The monoisotopic (exact) mass is 221 g/mol. The molecule has 5 nitrogen and oxygen atoms in total. The minimum absolute atomic E-state index is 0.0445. The molecule has 0 aromatic carbocycles. The second-order valence-electron chi connectivity index (χ2n) is 2.83. The molecular formula is C11H11NO4. The summed E-state index contributed by atoms with van der Waals surface area (Å²) >= 11 is 0. The zero-order valence-corrected chi connectivity index (χ0v) is 8.71. The van der Waals surface area contributed by atoms with Gasteiger partial charge in [-0.2, -0.15) is 0 Å². The fourth-order valence-corrected chi connectivity index (χ4v) is 1.07. The van der Waals surface area contributed by atoms with E-state index in [1.807, 2.05) is 0 Å². The minimum atomic E-state index is -1.09. The summed E-state index contributed by atoms with van der Waals surface area (Å²) in [6, 6.07) is 2.94. The number of carboxylic acid groups (broad SMARTS) is 1. The molecule has 1 heterocycles. The van der Waals surface area contributed by atoms with Gasteiger partial charge in [0.15, 0.2) is 0 Å². The predicted molar refractivity (Wildman–Crippen MR) is 56.9 cm³/mol. The van der Waals surface area contributed by atoms with Crippen LogP contribution in [0.1, 0.15) is 23.0 Å². The van der Waals surface area contributed by atoms with E-state index in [4.69, 9.17) is 5.11 Å². The molecule has 0 aliphatic heterocycles. The van der Waals surface area contributed by atoms with Gasteiger partial charge in [-0.05, 0) is 25.1 Å². The number of carbonyl (C=O) groups excluding carboxylic acids is 1. The molecule has 1 rings (SSSR count). The highest BCUT2D eigenvalue weighted by atomic mass is 16.5. The lowest BCUT2D eigenvalue weighted by atomic mass is 10.2. The van der Waals surface area contributed by atoms with Crippen LogP contribution in [0.25, 0.3) is 6.08 Å². The fourth-order valence-electron chi connectivity index (χ4n) is 1.07. The first-order chi connectivity index (χ1) is 7.65. The van der Waals surface area contributed by atoms with E-state index in [2.05, 4.69) is 9.72 Å². The molecule has 0 atom stereocenters. The van der Waals surface area contributed by atoms with Crippen molar-refractivity contribution in [3.63, 3.8) is 0 Å². The lowest BCUT2D eigenvalue weighted by molar-refractivity contribution is -0.137. The topological polar surface area (TPSA) is 76.5 Å². The van der Waals surface area contributed by atoms with Gasteiger partial charge in [0, 0.05) is 12.3 Å². The summed E-state index contributed by atoms with van der Waals surface area (Å²) in [7, 11) is 0. The SMILES string of the molecule is CCOC(=O)C=Cc1ncccc1C(=O)O. The summed E-state index contributed by atoms with van der Waals surface area (Å²) in [6.07, 6.45) is 3.93. The van der Waals surface area contributed by atoms with Crippen LogP contribution < -0.4 is 0 Å². The van der Waals surface area contributed by atoms with Gasteiger partial charge in [0.2, 0.25) is 0 Å². The standard InChI is InChI=1S/C11H11NO4/c1-2-16-10(13)6-5-9-8(11(14)15)4-3-7-12-9/h3-7H,2H2,1H3,(H,14,15). The molecule has 16 heavy (non-hydrogen) atoms. The van der Waals surface area contributed by atoms with Crippen LogP contribution >= 0.6 is 0 Å². The highest BCUT2D eigenvalue weighted by Gasteiger charge is 2.07. The van der Waals surface area contributed by atoms with Crippen molar-refractivity contribution in [2.45, 2.75) is 6.92 Å². The highest BCUT2D eigenvalue weighted by molar-refractivity contribution is 5.93. The maximum Gasteiger partial charge on any atom is 0.337 e. The van der Waals surface area contributed by atoms with Crippen LogP contribution in [0, 0.1) is 0 Å². The fraction of sp³-hybridized carbons (Fsp3) is 0.182. The zero-order valence-electron chi connectivity index (χ0n) is 8.71. The lowest BCUT2D eigenvalue weighted by Gasteiger charge is -1.99. The Hall–Kier alpha value is -2.17. The number of aromatic carboxylic acids is 1. The molecule has 0 spiro atoms. The second-order valence-corrected chi connectivity index (χ2v) is 2.83. The van der Waals surface area contributed by atoms with Crippen molar-refractivity contribution in [2.75, 3.05) is 6.61 Å². The number of aromatic nitrogens is 1. The third kappa shape index (κ3) is 3.20. The van der Waals surface area contributed by atoms with Gasteiger partial charge in [-0.1, -0.05) is 0 Å². The molecule has 0 amide bonds. The van der Waals surface area contributed by atoms with E-state index >= 15 is 0 Å². The van der Waals surface area contributed by atoms with Crippen LogP contribution in [-0.2, 0) is 9.53 Å². The molecule has 0 aliphatic carbocycles. The van der Waals surface area contributed by atoms with Crippen molar-refractivity contribution >= 4 is 18.0 Å². The van der Waals surface area contributed by atoms with Gasteiger partial charge in [0.1, 0.15) is 0 Å². The van der Waals surface area contributed by atoms with Crippen LogP contribution in [0.15, 0.2) is 24.4 Å². The van der Waals surface area contributed by atoms with Crippen molar-refractivity contribution < 1.29 is 19.4 Å². The molecule has 1 N–H and O–H groups in total. The van der Waals surface area contributed by atoms with Gasteiger partial charge < -0.3 is 9.84 Å². The van der Waals surface area contributed by atoms with Crippen LogP contribution in [0.5, 0.6) is 0 Å². The van der Waals surface area contributed by atoms with Crippen molar-refractivity contribution in [1.29, 1.82) is 0 Å². The summed E-state index contributed by atoms with van der Waals surface area (Å²) in [4.78, 5) is 25.7. The summed E-state index contributed by atoms with van der Waals surface area (Å²) in [6.45, 7) is 1.96. The smallest absolute Gasteiger partial charge is 0.337 e. The number of carboxylic acids is 1. The molecule has 0 fully saturated rings. The largest absolute Gasteiger partial charge is 0.478 e. The summed E-state index contributed by atoms with van der Waals surface area (Å²) in [5.41, 5.74) is 0.270. The van der Waals surface area contributed by atoms with Crippen molar-refractivity contribution in [3.05, 3.63) is 35.7 Å². The Bertz CT molecular complexity index is 426. The Kier molecular flexibility index (Phi) is 4.20.